The highest BCUT2D eigenvalue weighted by Crippen LogP contribution is 2.33. The van der Waals surface area contributed by atoms with Crippen LogP contribution in [0.15, 0.2) is 77.7 Å². The van der Waals surface area contributed by atoms with Gasteiger partial charge in [0.05, 0.1) is 23.6 Å². The highest BCUT2D eigenvalue weighted by atomic mass is 32.2. The van der Waals surface area contributed by atoms with Crippen LogP contribution >= 0.6 is 0 Å². The Kier molecular flexibility index (Phi) is 9.37. The summed E-state index contributed by atoms with van der Waals surface area (Å²) in [4.78, 5) is 15.3. The van der Waals surface area contributed by atoms with Crippen molar-refractivity contribution in [2.45, 2.75) is 50.2 Å². The van der Waals surface area contributed by atoms with E-state index in [1.54, 1.807) is 24.3 Å². The van der Waals surface area contributed by atoms with Gasteiger partial charge in [-0.25, -0.2) is 17.5 Å². The van der Waals surface area contributed by atoms with Crippen molar-refractivity contribution in [2.24, 2.45) is 5.92 Å². The van der Waals surface area contributed by atoms with Crippen LogP contribution in [0.4, 0.5) is 4.39 Å². The highest BCUT2D eigenvalue weighted by molar-refractivity contribution is 7.89. The van der Waals surface area contributed by atoms with E-state index >= 15 is 0 Å². The van der Waals surface area contributed by atoms with E-state index in [1.807, 2.05) is 18.2 Å². The van der Waals surface area contributed by atoms with Crippen LogP contribution in [-0.4, -0.2) is 39.4 Å². The fourth-order valence-corrected chi connectivity index (χ4v) is 6.18. The molecular weight excluding hydrogens is 517 g/mol. The molecule has 0 saturated heterocycles. The van der Waals surface area contributed by atoms with Crippen LogP contribution in [0, 0.1) is 11.7 Å². The third-order valence-electron chi connectivity index (χ3n) is 6.58. The molecular formula is C30H36FN3O4S. The molecule has 0 bridgehead atoms. The average molecular weight is 554 g/mol. The van der Waals surface area contributed by atoms with Gasteiger partial charge in [0, 0.05) is 31.5 Å². The number of nitrogens with one attached hydrogen (secondary N) is 2. The largest absolute Gasteiger partial charge is 0.493 e. The van der Waals surface area contributed by atoms with Crippen molar-refractivity contribution in [3.05, 3.63) is 95.3 Å². The predicted octanol–water partition coefficient (Wildman–Crippen LogP) is 4.96. The molecule has 2 N–H and O–H groups in total. The van der Waals surface area contributed by atoms with Gasteiger partial charge in [-0.3, -0.25) is 4.79 Å². The molecule has 1 aliphatic heterocycles. The minimum Gasteiger partial charge on any atom is -0.493 e. The van der Waals surface area contributed by atoms with E-state index in [2.05, 4.69) is 41.9 Å². The number of sulfonamides is 1. The zero-order valence-corrected chi connectivity index (χ0v) is 23.4. The second-order valence-corrected chi connectivity index (χ2v) is 12.2. The smallest absolute Gasteiger partial charge is 0.241 e. The topological polar surface area (TPSA) is 87.7 Å². The summed E-state index contributed by atoms with van der Waals surface area (Å²) >= 11 is 0. The number of hydrogen-bond acceptors (Lipinski definition) is 5. The maximum atomic E-state index is 13.7. The molecule has 0 spiro atoms. The van der Waals surface area contributed by atoms with E-state index in [0.29, 0.717) is 24.5 Å². The van der Waals surface area contributed by atoms with Gasteiger partial charge in [-0.15, -0.1) is 0 Å². The fourth-order valence-electron chi connectivity index (χ4n) is 4.92. The molecule has 2 unspecified atom stereocenters. The molecule has 39 heavy (non-hydrogen) atoms. The van der Waals surface area contributed by atoms with Crippen molar-refractivity contribution >= 4 is 15.9 Å². The summed E-state index contributed by atoms with van der Waals surface area (Å²) in [5.41, 5.74) is 2.68. The number of hydrogen-bond donors (Lipinski definition) is 2. The first kappa shape index (κ1) is 28.7. The lowest BCUT2D eigenvalue weighted by Gasteiger charge is -2.28. The quantitative estimate of drug-likeness (QED) is 0.350. The molecule has 0 saturated carbocycles. The molecule has 9 heteroatoms. The molecule has 1 amide bonds. The minimum absolute atomic E-state index is 0.122. The van der Waals surface area contributed by atoms with E-state index < -0.39 is 21.9 Å². The molecule has 208 valence electrons. The van der Waals surface area contributed by atoms with Crippen molar-refractivity contribution in [3.8, 4) is 5.75 Å². The standard InChI is InChI=1S/C30H36FN3O4S/c1-21(2)19-34(3)20-22-12-13-26-27(14-15-38-29(26)16-22)32-30(35)18-28(23-8-5-4-6-9-23)33-39(36,37)25-11-7-10-24(31)17-25/h4-13,16-17,21,27-28,33H,14-15,18-20H2,1-3H3,(H,32,35). The SMILES string of the molecule is CC(C)CN(C)Cc1ccc2c(c1)OCCC2NC(=O)CC(NS(=O)(=O)c1cccc(F)c1)c1ccccc1. The van der Waals surface area contributed by atoms with Crippen LogP contribution in [0.25, 0.3) is 0 Å². The molecule has 4 rings (SSSR count). The Labute approximate surface area is 230 Å². The maximum Gasteiger partial charge on any atom is 0.241 e. The van der Waals surface area contributed by atoms with Crippen LogP contribution in [0.1, 0.15) is 55.5 Å². The van der Waals surface area contributed by atoms with E-state index in [9.17, 15) is 17.6 Å². The van der Waals surface area contributed by atoms with Gasteiger partial charge in [0.15, 0.2) is 0 Å². The number of nitrogens with zero attached hydrogens (tertiary/aromatic N) is 1. The van der Waals surface area contributed by atoms with Crippen molar-refractivity contribution in [3.63, 3.8) is 0 Å². The van der Waals surface area contributed by atoms with E-state index in [4.69, 9.17) is 4.74 Å². The summed E-state index contributed by atoms with van der Waals surface area (Å²) in [6.45, 7) is 6.64. The van der Waals surface area contributed by atoms with Crippen LogP contribution in [0.3, 0.4) is 0 Å². The number of carbonyl (C=O) groups excluding carboxylic acids is 1. The summed E-state index contributed by atoms with van der Waals surface area (Å²) in [6.07, 6.45) is 0.486. The number of rotatable bonds is 11. The highest BCUT2D eigenvalue weighted by Gasteiger charge is 2.27. The van der Waals surface area contributed by atoms with Crippen molar-refractivity contribution < 1.29 is 22.3 Å². The van der Waals surface area contributed by atoms with Gasteiger partial charge >= 0.3 is 0 Å². The van der Waals surface area contributed by atoms with Crippen LogP contribution in [0.2, 0.25) is 0 Å². The van der Waals surface area contributed by atoms with Crippen molar-refractivity contribution in [1.82, 2.24) is 14.9 Å². The molecule has 1 heterocycles. The zero-order valence-electron chi connectivity index (χ0n) is 22.6. The lowest BCUT2D eigenvalue weighted by molar-refractivity contribution is -0.122. The number of benzene rings is 3. The van der Waals surface area contributed by atoms with Crippen LogP contribution in [-0.2, 0) is 21.4 Å². The average Bonchev–Trinajstić information content (AvgIpc) is 2.88. The van der Waals surface area contributed by atoms with Gasteiger partial charge in [0.1, 0.15) is 11.6 Å². The summed E-state index contributed by atoms with van der Waals surface area (Å²) in [7, 11) is -1.98. The van der Waals surface area contributed by atoms with Gasteiger partial charge in [-0.2, -0.15) is 0 Å². The molecule has 0 radical (unpaired) electrons. The Bertz CT molecular complexity index is 1380. The molecule has 0 aliphatic carbocycles. The third-order valence-corrected chi connectivity index (χ3v) is 8.05. The van der Waals surface area contributed by atoms with Crippen LogP contribution in [0.5, 0.6) is 5.75 Å². The monoisotopic (exact) mass is 553 g/mol. The molecule has 0 aromatic heterocycles. The molecule has 1 aliphatic rings. The van der Waals surface area contributed by atoms with Gasteiger partial charge in [-0.05, 0) is 48.4 Å². The summed E-state index contributed by atoms with van der Waals surface area (Å²) in [5, 5.41) is 3.07. The van der Waals surface area contributed by atoms with Crippen LogP contribution < -0.4 is 14.8 Å². The van der Waals surface area contributed by atoms with Gasteiger partial charge in [0.2, 0.25) is 15.9 Å². The molecule has 7 nitrogen and oxygen atoms in total. The molecule has 2 atom stereocenters. The number of carbonyl (C=O) groups is 1. The normalized spacial score (nSPS) is 16.0. The lowest BCUT2D eigenvalue weighted by Crippen LogP contribution is -2.36. The number of fused-ring (bicyclic) bond motifs is 1. The van der Waals surface area contributed by atoms with E-state index in [-0.39, 0.29) is 23.3 Å². The number of amides is 1. The van der Waals surface area contributed by atoms with Gasteiger partial charge in [-0.1, -0.05) is 62.4 Å². The first-order valence-electron chi connectivity index (χ1n) is 13.2. The fraction of sp³-hybridized carbons (Fsp3) is 0.367. The minimum atomic E-state index is -4.07. The molecule has 0 fully saturated rings. The van der Waals surface area contributed by atoms with E-state index in [0.717, 1.165) is 36.0 Å². The Hall–Kier alpha value is -3.27. The first-order valence-corrected chi connectivity index (χ1v) is 14.7. The summed E-state index contributed by atoms with van der Waals surface area (Å²) in [5.74, 6) is 0.374. The summed E-state index contributed by atoms with van der Waals surface area (Å²) < 4.78 is 48.3. The zero-order chi connectivity index (χ0) is 28.0. The molecule has 3 aromatic rings. The summed E-state index contributed by atoms with van der Waals surface area (Å²) in [6, 6.07) is 18.7. The number of halogens is 1. The lowest BCUT2D eigenvalue weighted by atomic mass is 9.97. The third kappa shape index (κ3) is 7.88. The van der Waals surface area contributed by atoms with Crippen molar-refractivity contribution in [2.75, 3.05) is 20.2 Å². The Balaban J connectivity index is 1.48. The van der Waals surface area contributed by atoms with E-state index in [1.165, 1.54) is 18.2 Å². The first-order chi connectivity index (χ1) is 18.6. The van der Waals surface area contributed by atoms with Gasteiger partial charge in [0.25, 0.3) is 0 Å². The second kappa shape index (κ2) is 12.7. The Morgan fingerprint density at radius 3 is 2.56 bits per heavy atom. The molecule has 3 aromatic carbocycles. The Morgan fingerprint density at radius 1 is 1.08 bits per heavy atom. The second-order valence-electron chi connectivity index (χ2n) is 10.5. The van der Waals surface area contributed by atoms with Gasteiger partial charge < -0.3 is 15.0 Å². The van der Waals surface area contributed by atoms with Crippen molar-refractivity contribution in [1.29, 1.82) is 0 Å². The Morgan fingerprint density at radius 2 is 1.85 bits per heavy atom. The maximum absolute atomic E-state index is 13.7. The predicted molar refractivity (Wildman–Crippen MR) is 149 cm³/mol. The number of ether oxygens (including phenoxy) is 1.